The van der Waals surface area contributed by atoms with Crippen LogP contribution in [0.15, 0.2) is 91.0 Å². The monoisotopic (exact) mass is 749 g/mol. The standard InChI is InChI=1S/C45H49.2ClH.Zr/c1-28(2)37-38(29(3)4)43(45(8,9)10)41(32-23-17-18-24-32)35-26-33-25-34(44(5,6)7)27-36(40(33)42(35)37)39(30-19-13-11-14-20-30)31-21-15-12-16-22-31;;;/h11-23,25,27-29H,24H2,1-10H3;2*1H;/q;;;+2/p-2. The van der Waals surface area contributed by atoms with Crippen molar-refractivity contribution in [2.45, 2.75) is 98.3 Å². The van der Waals surface area contributed by atoms with Gasteiger partial charge in [-0.15, -0.1) is 0 Å². The van der Waals surface area contributed by atoms with E-state index in [9.17, 15) is 0 Å². The SMILES string of the molecule is CC(C)c1c(C(C)(C)C)c(C2=CC=CC2)c2c(c1C(C)C)=c1c(cc(C(C)(C)C)cc1=C(c1ccccc1)c1ccccc1)[C]=2[Zr+2].[Cl-].[Cl-]. The van der Waals surface area contributed by atoms with E-state index in [0.29, 0.717) is 11.8 Å². The largest absolute Gasteiger partial charge is 1.00 e. The van der Waals surface area contributed by atoms with Gasteiger partial charge in [-0.05, 0) is 0 Å². The molecule has 0 bridgehead atoms. The normalized spacial score (nSPS) is 13.7. The summed E-state index contributed by atoms with van der Waals surface area (Å²) >= 11 is 1.48. The van der Waals surface area contributed by atoms with Gasteiger partial charge in [-0.25, -0.2) is 0 Å². The fourth-order valence-electron chi connectivity index (χ4n) is 7.79. The van der Waals surface area contributed by atoms with Gasteiger partial charge in [0.1, 0.15) is 0 Å². The number of hydrogen-bond donors (Lipinski definition) is 0. The quantitative estimate of drug-likeness (QED) is 0.284. The Kier molecular flexibility index (Phi) is 11.5. The maximum atomic E-state index is 2.55. The smallest absolute Gasteiger partial charge is 1.00 e. The van der Waals surface area contributed by atoms with Crippen LogP contribution in [0.4, 0.5) is 0 Å². The van der Waals surface area contributed by atoms with Crippen molar-refractivity contribution in [2.24, 2.45) is 0 Å². The fourth-order valence-corrected chi connectivity index (χ4v) is 8.89. The summed E-state index contributed by atoms with van der Waals surface area (Å²) in [5.41, 5.74) is 14.4. The van der Waals surface area contributed by atoms with Gasteiger partial charge in [0, 0.05) is 0 Å². The van der Waals surface area contributed by atoms with Crippen molar-refractivity contribution in [3.8, 4) is 0 Å². The molecule has 0 N–H and O–H groups in total. The molecule has 0 nitrogen and oxygen atoms in total. The molecule has 0 spiro atoms. The van der Waals surface area contributed by atoms with E-state index in [1.165, 1.54) is 87.8 Å². The summed E-state index contributed by atoms with van der Waals surface area (Å²) in [6.07, 6.45) is 8.00. The summed E-state index contributed by atoms with van der Waals surface area (Å²) in [4.78, 5) is 0. The Morgan fingerprint density at radius 1 is 0.667 bits per heavy atom. The molecule has 2 aliphatic carbocycles. The predicted octanol–water partition coefficient (Wildman–Crippen LogP) is 4.43. The third-order valence-corrected chi connectivity index (χ3v) is 11.0. The van der Waals surface area contributed by atoms with Crippen LogP contribution in [0.3, 0.4) is 0 Å². The Balaban J connectivity index is 0.00000260. The Morgan fingerprint density at radius 3 is 1.65 bits per heavy atom. The maximum Gasteiger partial charge on any atom is -1.00 e. The minimum absolute atomic E-state index is 0. The predicted molar refractivity (Wildman–Crippen MR) is 194 cm³/mol. The van der Waals surface area contributed by atoms with Crippen LogP contribution in [-0.2, 0) is 35.5 Å². The number of halogens is 2. The molecule has 0 unspecified atom stereocenters. The third-order valence-electron chi connectivity index (χ3n) is 9.74. The number of benzene rings is 4. The van der Waals surface area contributed by atoms with Crippen molar-refractivity contribution in [3.05, 3.63) is 156 Å². The first-order valence-corrected chi connectivity index (χ1v) is 18.3. The van der Waals surface area contributed by atoms with E-state index in [0.717, 1.165) is 6.42 Å². The number of fused-ring (bicyclic) bond motifs is 2. The zero-order valence-corrected chi connectivity index (χ0v) is 34.2. The summed E-state index contributed by atoms with van der Waals surface area (Å²) < 4.78 is 1.51. The molecule has 0 aliphatic heterocycles. The molecule has 4 aromatic rings. The van der Waals surface area contributed by atoms with Crippen LogP contribution in [0.5, 0.6) is 0 Å². The van der Waals surface area contributed by atoms with Crippen LogP contribution in [-0.4, -0.2) is 0 Å². The van der Waals surface area contributed by atoms with E-state index < -0.39 is 0 Å². The molecule has 0 saturated heterocycles. The fraction of sp³-hybridized carbons (Fsp3) is 0.333. The molecule has 0 aromatic heterocycles. The van der Waals surface area contributed by atoms with Crippen molar-refractivity contribution in [2.75, 3.05) is 0 Å². The Hall–Kier alpha value is -2.44. The molecule has 0 atom stereocenters. The molecular weight excluding hydrogens is 703 g/mol. The van der Waals surface area contributed by atoms with E-state index >= 15 is 0 Å². The Bertz CT molecular complexity index is 2080. The summed E-state index contributed by atoms with van der Waals surface area (Å²) in [5, 5.41) is 5.81. The molecule has 48 heavy (non-hydrogen) atoms. The van der Waals surface area contributed by atoms with Crippen molar-refractivity contribution >= 4 is 14.4 Å². The number of hydrogen-bond acceptors (Lipinski definition) is 0. The van der Waals surface area contributed by atoms with Gasteiger partial charge in [0.25, 0.3) is 0 Å². The van der Waals surface area contributed by atoms with E-state index in [2.05, 4.69) is 160 Å². The van der Waals surface area contributed by atoms with Gasteiger partial charge in [-0.2, -0.15) is 0 Å². The van der Waals surface area contributed by atoms with E-state index in [-0.39, 0.29) is 35.6 Å². The van der Waals surface area contributed by atoms with Crippen LogP contribution in [0.25, 0.3) is 14.4 Å². The number of rotatable bonds is 5. The van der Waals surface area contributed by atoms with Crippen LogP contribution >= 0.6 is 0 Å². The van der Waals surface area contributed by atoms with Crippen molar-refractivity contribution in [1.29, 1.82) is 0 Å². The van der Waals surface area contributed by atoms with E-state index in [4.69, 9.17) is 0 Å². The second kappa shape index (κ2) is 14.4. The van der Waals surface area contributed by atoms with Gasteiger partial charge in [0.05, 0.1) is 0 Å². The average Bonchev–Trinajstić information content (AvgIpc) is 3.63. The first-order valence-electron chi connectivity index (χ1n) is 17.1. The molecule has 4 aromatic carbocycles. The molecule has 0 fully saturated rings. The molecule has 247 valence electrons. The number of allylic oxidation sites excluding steroid dienone is 4. The molecule has 0 heterocycles. The topological polar surface area (TPSA) is 0 Å². The van der Waals surface area contributed by atoms with Crippen LogP contribution in [0.1, 0.15) is 132 Å². The molecule has 0 radical (unpaired) electrons. The third kappa shape index (κ3) is 6.70. The minimum Gasteiger partial charge on any atom is -1.00 e. The summed E-state index contributed by atoms with van der Waals surface area (Å²) in [7, 11) is 0. The average molecular weight is 752 g/mol. The minimum atomic E-state index is 0. The van der Waals surface area contributed by atoms with Crippen LogP contribution < -0.4 is 35.3 Å². The van der Waals surface area contributed by atoms with Gasteiger partial charge >= 0.3 is 294 Å². The zero-order valence-electron chi connectivity index (χ0n) is 30.3. The Morgan fingerprint density at radius 2 is 1.21 bits per heavy atom. The molecular formula is C45H49Cl2Zr. The van der Waals surface area contributed by atoms with E-state index in [1.807, 2.05) is 0 Å². The van der Waals surface area contributed by atoms with Gasteiger partial charge < -0.3 is 24.8 Å². The van der Waals surface area contributed by atoms with Gasteiger partial charge in [0.15, 0.2) is 0 Å². The first kappa shape index (κ1) is 38.4. The van der Waals surface area contributed by atoms with Gasteiger partial charge in [0.2, 0.25) is 0 Å². The second-order valence-electron chi connectivity index (χ2n) is 15.9. The van der Waals surface area contributed by atoms with Gasteiger partial charge in [-0.1, -0.05) is 0 Å². The summed E-state index contributed by atoms with van der Waals surface area (Å²) in [6, 6.07) is 27.3. The summed E-state index contributed by atoms with van der Waals surface area (Å²) in [6.45, 7) is 24.1. The maximum absolute atomic E-state index is 2.55. The molecule has 0 saturated carbocycles. The molecule has 2 aliphatic rings. The van der Waals surface area contributed by atoms with E-state index in [1.54, 1.807) is 16.7 Å². The first-order chi connectivity index (χ1) is 21.7. The van der Waals surface area contributed by atoms with Crippen LogP contribution in [0, 0.1) is 10.4 Å². The van der Waals surface area contributed by atoms with Gasteiger partial charge in [-0.3, -0.25) is 0 Å². The summed E-state index contributed by atoms with van der Waals surface area (Å²) in [5.74, 6) is 0.797. The molecule has 0 amide bonds. The van der Waals surface area contributed by atoms with Crippen molar-refractivity contribution in [1.82, 2.24) is 0 Å². The van der Waals surface area contributed by atoms with Crippen molar-refractivity contribution in [3.63, 3.8) is 0 Å². The van der Waals surface area contributed by atoms with Crippen molar-refractivity contribution < 1.29 is 49.5 Å². The Labute approximate surface area is 316 Å². The second-order valence-corrected chi connectivity index (χ2v) is 17.1. The molecule has 3 heteroatoms. The zero-order chi connectivity index (χ0) is 33.1. The molecule has 6 rings (SSSR count). The van der Waals surface area contributed by atoms with Crippen LogP contribution in [0.2, 0.25) is 0 Å².